The van der Waals surface area contributed by atoms with E-state index in [1.165, 1.54) is 6.21 Å². The molecule has 7 heteroatoms. The monoisotopic (exact) mass is 409 g/mol. The average Bonchev–Trinajstić information content (AvgIpc) is 2.90. The topological polar surface area (TPSA) is 78.1 Å². The molecular weight excluding hydrogens is 385 g/mol. The number of hydrogen-bond donors (Lipinski definition) is 2. The van der Waals surface area contributed by atoms with Crippen molar-refractivity contribution in [3.63, 3.8) is 0 Å². The van der Waals surface area contributed by atoms with Gasteiger partial charge >= 0.3 is 7.12 Å². The van der Waals surface area contributed by atoms with E-state index >= 15 is 0 Å². The van der Waals surface area contributed by atoms with Crippen LogP contribution in [0.15, 0.2) is 36.4 Å². The van der Waals surface area contributed by atoms with Gasteiger partial charge in [-0.3, -0.25) is 0 Å². The molecule has 0 radical (unpaired) electrons. The average molecular weight is 410 g/mol. The maximum Gasteiger partial charge on any atom is 0.494 e. The minimum absolute atomic E-state index is 0.454. The normalized spacial score (nSPS) is 17.0. The van der Waals surface area contributed by atoms with Crippen LogP contribution in [0.25, 0.3) is 0 Å². The first-order valence-corrected chi connectivity index (χ1v) is 9.98. The zero-order valence-electron chi connectivity index (χ0n) is 17.2. The third kappa shape index (κ3) is 4.33. The molecule has 1 fully saturated rings. The number of rotatable bonds is 6. The van der Waals surface area contributed by atoms with Crippen LogP contribution < -0.4 is 10.8 Å². The Bertz CT molecular complexity index is 953. The van der Waals surface area contributed by atoms with Gasteiger partial charge in [-0.25, -0.2) is 0 Å². The summed E-state index contributed by atoms with van der Waals surface area (Å²) in [6.07, 6.45) is 1.95. The summed E-state index contributed by atoms with van der Waals surface area (Å²) >= 11 is 6.22. The number of nitrogens with one attached hydrogen (secondary N) is 2. The van der Waals surface area contributed by atoms with Gasteiger partial charge in [0.1, 0.15) is 6.07 Å². The number of benzene rings is 2. The first-order chi connectivity index (χ1) is 13.7. The van der Waals surface area contributed by atoms with E-state index in [1.54, 1.807) is 6.07 Å². The van der Waals surface area contributed by atoms with Crippen LogP contribution in [0.3, 0.4) is 0 Å². The van der Waals surface area contributed by atoms with Crippen LogP contribution in [0.4, 0.5) is 5.69 Å². The third-order valence-electron chi connectivity index (χ3n) is 5.65. The van der Waals surface area contributed by atoms with Crippen molar-refractivity contribution in [2.45, 2.75) is 45.3 Å². The van der Waals surface area contributed by atoms with Crippen molar-refractivity contribution in [1.82, 2.24) is 0 Å². The van der Waals surface area contributed by atoms with Crippen molar-refractivity contribution >= 4 is 36.1 Å². The van der Waals surface area contributed by atoms with Gasteiger partial charge in [0, 0.05) is 23.3 Å². The summed E-state index contributed by atoms with van der Waals surface area (Å²) in [5, 5.41) is 21.6. The quantitative estimate of drug-likeness (QED) is 0.554. The van der Waals surface area contributed by atoms with Crippen molar-refractivity contribution in [2.75, 3.05) is 11.9 Å². The molecule has 2 aromatic rings. The van der Waals surface area contributed by atoms with Crippen LogP contribution in [-0.2, 0) is 15.7 Å². The molecule has 2 aromatic carbocycles. The molecule has 1 aliphatic rings. The van der Waals surface area contributed by atoms with E-state index < -0.39 is 18.3 Å². The van der Waals surface area contributed by atoms with Crippen molar-refractivity contribution in [3.05, 3.63) is 58.1 Å². The lowest BCUT2D eigenvalue weighted by atomic mass is 9.77. The van der Waals surface area contributed by atoms with Crippen LogP contribution >= 0.6 is 11.6 Å². The van der Waals surface area contributed by atoms with Crippen molar-refractivity contribution < 1.29 is 9.31 Å². The molecule has 0 amide bonds. The molecule has 0 spiro atoms. The number of anilines is 1. The molecule has 0 aromatic heterocycles. The summed E-state index contributed by atoms with van der Waals surface area (Å²) in [5.41, 5.74) is 2.53. The van der Waals surface area contributed by atoms with E-state index in [1.807, 2.05) is 58.0 Å². The summed E-state index contributed by atoms with van der Waals surface area (Å²) in [5.74, 6) is 0. The summed E-state index contributed by atoms with van der Waals surface area (Å²) < 4.78 is 12.2. The zero-order valence-corrected chi connectivity index (χ0v) is 17.9. The zero-order chi connectivity index (χ0) is 21.2. The van der Waals surface area contributed by atoms with Crippen LogP contribution in [0.5, 0.6) is 0 Å². The molecule has 0 saturated carbocycles. The molecule has 3 rings (SSSR count). The van der Waals surface area contributed by atoms with Gasteiger partial charge in [0.05, 0.1) is 22.5 Å². The lowest BCUT2D eigenvalue weighted by Crippen LogP contribution is -2.41. The highest BCUT2D eigenvalue weighted by Crippen LogP contribution is 2.36. The van der Waals surface area contributed by atoms with E-state index in [2.05, 4.69) is 11.4 Å². The fraction of sp³-hybridized carbons (Fsp3) is 0.364. The molecule has 1 saturated heterocycles. The van der Waals surface area contributed by atoms with Gasteiger partial charge in [-0.2, -0.15) is 5.26 Å². The van der Waals surface area contributed by atoms with Crippen LogP contribution in [0.1, 0.15) is 44.4 Å². The van der Waals surface area contributed by atoms with Crippen LogP contribution in [0.2, 0.25) is 5.02 Å². The predicted molar refractivity (Wildman–Crippen MR) is 118 cm³/mol. The minimum atomic E-state index is -0.581. The van der Waals surface area contributed by atoms with Gasteiger partial charge in [-0.1, -0.05) is 35.9 Å². The summed E-state index contributed by atoms with van der Waals surface area (Å²) in [7, 11) is -0.581. The molecular formula is C22H25BClN3O2. The van der Waals surface area contributed by atoms with Gasteiger partial charge in [0.25, 0.3) is 0 Å². The van der Waals surface area contributed by atoms with E-state index in [4.69, 9.17) is 26.3 Å². The van der Waals surface area contributed by atoms with E-state index in [0.717, 1.165) is 16.0 Å². The summed E-state index contributed by atoms with van der Waals surface area (Å²) in [4.78, 5) is 0. The van der Waals surface area contributed by atoms with E-state index in [0.29, 0.717) is 29.8 Å². The number of halogens is 1. The van der Waals surface area contributed by atoms with E-state index in [9.17, 15) is 5.26 Å². The maximum absolute atomic E-state index is 9.70. The Morgan fingerprint density at radius 3 is 2.41 bits per heavy atom. The third-order valence-corrected chi connectivity index (χ3v) is 6.02. The second-order valence-corrected chi connectivity index (χ2v) is 8.55. The number of nitrogens with zero attached hydrogens (tertiary/aromatic N) is 1. The lowest BCUT2D eigenvalue weighted by Gasteiger charge is -2.32. The Balaban J connectivity index is 1.83. The largest absolute Gasteiger partial charge is 0.494 e. The molecule has 5 nitrogen and oxygen atoms in total. The smallest absolute Gasteiger partial charge is 0.399 e. The van der Waals surface area contributed by atoms with Gasteiger partial charge in [-0.15, -0.1) is 0 Å². The first kappa shape index (κ1) is 21.4. The van der Waals surface area contributed by atoms with Gasteiger partial charge in [0.15, 0.2) is 0 Å². The maximum atomic E-state index is 9.70. The Morgan fingerprint density at radius 1 is 1.17 bits per heavy atom. The van der Waals surface area contributed by atoms with Crippen molar-refractivity contribution in [2.24, 2.45) is 0 Å². The molecule has 2 N–H and O–H groups in total. The number of nitriles is 1. The Morgan fingerprint density at radius 2 is 1.83 bits per heavy atom. The van der Waals surface area contributed by atoms with E-state index in [-0.39, 0.29) is 0 Å². The Kier molecular flexibility index (Phi) is 6.04. The van der Waals surface area contributed by atoms with Crippen molar-refractivity contribution in [3.8, 4) is 6.07 Å². The molecule has 0 aliphatic carbocycles. The lowest BCUT2D eigenvalue weighted by molar-refractivity contribution is 0.00578. The molecule has 1 aliphatic heterocycles. The first-order valence-electron chi connectivity index (χ1n) is 9.60. The molecule has 1 heterocycles. The molecule has 0 unspecified atom stereocenters. The van der Waals surface area contributed by atoms with Crippen LogP contribution in [-0.4, -0.2) is 31.1 Å². The Labute approximate surface area is 177 Å². The number of hydrogen-bond acceptors (Lipinski definition) is 5. The van der Waals surface area contributed by atoms with Crippen LogP contribution in [0, 0.1) is 16.7 Å². The summed E-state index contributed by atoms with van der Waals surface area (Å²) in [6, 6.07) is 13.5. The minimum Gasteiger partial charge on any atom is -0.399 e. The SMILES string of the molecule is CC1(C)OB(c2cc(C#N)c(NCCc3ccccc3Cl)c(C=N)c2)OC1(C)C. The molecule has 0 bridgehead atoms. The molecule has 0 atom stereocenters. The molecule has 150 valence electrons. The highest BCUT2D eigenvalue weighted by Gasteiger charge is 2.51. The second-order valence-electron chi connectivity index (χ2n) is 8.15. The summed E-state index contributed by atoms with van der Waals surface area (Å²) in [6.45, 7) is 8.54. The standard InChI is InChI=1S/C22H25BClN3O2/c1-21(2)22(3,4)29-23(28-21)18-11-16(13-25)20(17(12-18)14-26)27-10-9-15-7-5-6-8-19(15)24/h5-8,11-13,25,27H,9-10H2,1-4H3. The van der Waals surface area contributed by atoms with Gasteiger partial charge in [0.2, 0.25) is 0 Å². The van der Waals surface area contributed by atoms with Gasteiger partial charge in [-0.05, 0) is 57.3 Å². The Hall–Kier alpha value is -2.33. The fourth-order valence-electron chi connectivity index (χ4n) is 3.23. The predicted octanol–water partition coefficient (Wildman–Crippen LogP) is 4.16. The fourth-order valence-corrected chi connectivity index (χ4v) is 3.46. The van der Waals surface area contributed by atoms with Gasteiger partial charge < -0.3 is 20.0 Å². The second kappa shape index (κ2) is 8.20. The highest BCUT2D eigenvalue weighted by atomic mass is 35.5. The van der Waals surface area contributed by atoms with Crippen molar-refractivity contribution in [1.29, 1.82) is 10.7 Å². The highest BCUT2D eigenvalue weighted by molar-refractivity contribution is 6.62. The molecule has 29 heavy (non-hydrogen) atoms.